The third kappa shape index (κ3) is 2.47. The van der Waals surface area contributed by atoms with Gasteiger partial charge in [-0.2, -0.15) is 4.52 Å². The Kier molecular flexibility index (Phi) is 3.69. The molecule has 10 heteroatoms. The van der Waals surface area contributed by atoms with E-state index in [1.165, 1.54) is 0 Å². The average Bonchev–Trinajstić information content (AvgIpc) is 3.49. The number of aromatic nitrogens is 7. The lowest BCUT2D eigenvalue weighted by Gasteiger charge is -2.14. The van der Waals surface area contributed by atoms with E-state index in [1.807, 2.05) is 39.5 Å². The second-order valence-electron chi connectivity index (χ2n) is 7.02. The molecule has 1 unspecified atom stereocenters. The molecule has 0 radical (unpaired) electrons. The number of ether oxygens (including phenoxy) is 1. The highest BCUT2D eigenvalue weighted by atomic mass is 32.2. The van der Waals surface area contributed by atoms with Gasteiger partial charge in [0.25, 0.3) is 0 Å². The molecule has 0 saturated heterocycles. The first-order valence-corrected chi connectivity index (χ1v) is 10.2. The molecule has 6 rings (SSSR count). The van der Waals surface area contributed by atoms with Gasteiger partial charge in [-0.05, 0) is 53.2 Å². The van der Waals surface area contributed by atoms with Crippen molar-refractivity contribution in [1.29, 1.82) is 0 Å². The fourth-order valence-electron chi connectivity index (χ4n) is 3.80. The largest absolute Gasteiger partial charge is 0.497 e. The third-order valence-corrected chi connectivity index (χ3v) is 6.32. The van der Waals surface area contributed by atoms with Gasteiger partial charge in [0.2, 0.25) is 5.16 Å². The number of benzene rings is 2. The van der Waals surface area contributed by atoms with E-state index in [4.69, 9.17) is 4.74 Å². The lowest BCUT2D eigenvalue weighted by atomic mass is 10.1. The molecular formula is C20H16N8OS. The Morgan fingerprint density at radius 2 is 1.93 bits per heavy atom. The Hall–Kier alpha value is -3.66. The SMILES string of the molecule is COc1ccc(-c2nnc3n2NC(c2cc4cccc(C)c4n4nnnc24)S3)cc1. The second kappa shape index (κ2) is 6.42. The number of tetrazole rings is 1. The summed E-state index contributed by atoms with van der Waals surface area (Å²) in [7, 11) is 1.65. The molecule has 1 N–H and O–H groups in total. The van der Waals surface area contributed by atoms with Crippen LogP contribution in [0, 0.1) is 6.92 Å². The van der Waals surface area contributed by atoms with E-state index in [0.29, 0.717) is 0 Å². The number of methoxy groups -OCH3 is 1. The summed E-state index contributed by atoms with van der Waals surface area (Å²) in [6, 6.07) is 16.1. The smallest absolute Gasteiger partial charge is 0.212 e. The Morgan fingerprint density at radius 1 is 1.07 bits per heavy atom. The molecule has 9 nitrogen and oxygen atoms in total. The lowest BCUT2D eigenvalue weighted by molar-refractivity contribution is 0.415. The molecule has 2 aromatic carbocycles. The van der Waals surface area contributed by atoms with Crippen molar-refractivity contribution in [2.45, 2.75) is 17.5 Å². The van der Waals surface area contributed by atoms with Gasteiger partial charge in [-0.1, -0.05) is 30.0 Å². The van der Waals surface area contributed by atoms with Crippen molar-refractivity contribution < 1.29 is 4.74 Å². The van der Waals surface area contributed by atoms with Gasteiger partial charge in [-0.15, -0.1) is 15.3 Å². The van der Waals surface area contributed by atoms with Crippen LogP contribution in [0.15, 0.2) is 53.7 Å². The molecule has 5 aromatic rings. The maximum Gasteiger partial charge on any atom is 0.212 e. The summed E-state index contributed by atoms with van der Waals surface area (Å²) in [6.07, 6.45) is 0. The van der Waals surface area contributed by atoms with E-state index in [2.05, 4.69) is 56.3 Å². The minimum absolute atomic E-state index is 0.0917. The van der Waals surface area contributed by atoms with Crippen LogP contribution in [0.1, 0.15) is 16.5 Å². The van der Waals surface area contributed by atoms with Crippen LogP contribution in [-0.4, -0.2) is 42.0 Å². The van der Waals surface area contributed by atoms with Gasteiger partial charge in [0.15, 0.2) is 11.5 Å². The summed E-state index contributed by atoms with van der Waals surface area (Å²) in [5, 5.41) is 22.9. The molecule has 4 heterocycles. The van der Waals surface area contributed by atoms with Gasteiger partial charge in [-0.3, -0.25) is 0 Å². The van der Waals surface area contributed by atoms with E-state index in [0.717, 1.165) is 50.0 Å². The van der Waals surface area contributed by atoms with Crippen LogP contribution < -0.4 is 10.2 Å². The van der Waals surface area contributed by atoms with E-state index in [1.54, 1.807) is 18.9 Å². The molecular weight excluding hydrogens is 400 g/mol. The summed E-state index contributed by atoms with van der Waals surface area (Å²) >= 11 is 1.59. The van der Waals surface area contributed by atoms with Gasteiger partial charge in [-0.25, -0.2) is 4.68 Å². The van der Waals surface area contributed by atoms with Crippen LogP contribution in [0.25, 0.3) is 27.9 Å². The summed E-state index contributed by atoms with van der Waals surface area (Å²) < 4.78 is 8.97. The molecule has 0 saturated carbocycles. The quantitative estimate of drug-likeness (QED) is 0.479. The molecule has 0 bridgehead atoms. The number of fused-ring (bicyclic) bond motifs is 4. The number of pyridine rings is 1. The Morgan fingerprint density at radius 3 is 2.77 bits per heavy atom. The average molecular weight is 416 g/mol. The van der Waals surface area contributed by atoms with Crippen LogP contribution in [0.5, 0.6) is 5.75 Å². The van der Waals surface area contributed by atoms with Crippen molar-refractivity contribution in [3.63, 3.8) is 0 Å². The highest BCUT2D eigenvalue weighted by Gasteiger charge is 2.30. The number of aryl methyl sites for hydroxylation is 1. The Labute approximate surface area is 175 Å². The summed E-state index contributed by atoms with van der Waals surface area (Å²) in [5.41, 5.74) is 8.32. The van der Waals surface area contributed by atoms with Crippen molar-refractivity contribution in [2.75, 3.05) is 12.5 Å². The summed E-state index contributed by atoms with van der Waals surface area (Å²) in [5.74, 6) is 1.54. The molecule has 1 aliphatic heterocycles. The number of thioether (sulfide) groups is 1. The van der Waals surface area contributed by atoms with Crippen molar-refractivity contribution in [1.82, 2.24) is 34.9 Å². The van der Waals surface area contributed by atoms with Crippen LogP contribution >= 0.6 is 11.8 Å². The predicted octanol–water partition coefficient (Wildman–Crippen LogP) is 3.20. The predicted molar refractivity (Wildman–Crippen MR) is 113 cm³/mol. The zero-order chi connectivity index (χ0) is 20.2. The first kappa shape index (κ1) is 17.2. The van der Waals surface area contributed by atoms with E-state index in [-0.39, 0.29) is 5.37 Å². The molecule has 0 amide bonds. The monoisotopic (exact) mass is 416 g/mol. The molecule has 148 valence electrons. The Bertz CT molecular complexity index is 1410. The maximum atomic E-state index is 5.25. The highest BCUT2D eigenvalue weighted by molar-refractivity contribution is 7.99. The normalized spacial score (nSPS) is 15.5. The van der Waals surface area contributed by atoms with Crippen LogP contribution in [0.3, 0.4) is 0 Å². The topological polar surface area (TPSA) is 95.1 Å². The molecule has 0 fully saturated rings. The van der Waals surface area contributed by atoms with E-state index < -0.39 is 0 Å². The number of para-hydroxylation sites is 1. The number of hydrogen-bond acceptors (Lipinski definition) is 8. The van der Waals surface area contributed by atoms with Crippen molar-refractivity contribution in [2.24, 2.45) is 0 Å². The molecule has 1 atom stereocenters. The van der Waals surface area contributed by atoms with Crippen molar-refractivity contribution in [3.8, 4) is 17.1 Å². The molecule has 0 aliphatic carbocycles. The fourth-order valence-corrected chi connectivity index (χ4v) is 4.80. The van der Waals surface area contributed by atoms with Gasteiger partial charge in [0.05, 0.1) is 12.6 Å². The van der Waals surface area contributed by atoms with Crippen LogP contribution in [0.2, 0.25) is 0 Å². The first-order chi connectivity index (χ1) is 14.7. The molecule has 30 heavy (non-hydrogen) atoms. The lowest BCUT2D eigenvalue weighted by Crippen LogP contribution is -2.15. The van der Waals surface area contributed by atoms with Crippen LogP contribution in [0.4, 0.5) is 0 Å². The van der Waals surface area contributed by atoms with Crippen molar-refractivity contribution >= 4 is 28.3 Å². The zero-order valence-electron chi connectivity index (χ0n) is 16.1. The second-order valence-corrected chi connectivity index (χ2v) is 8.10. The maximum absolute atomic E-state index is 5.25. The van der Waals surface area contributed by atoms with Gasteiger partial charge in [0.1, 0.15) is 11.1 Å². The summed E-state index contributed by atoms with van der Waals surface area (Å²) in [4.78, 5) is 0. The first-order valence-electron chi connectivity index (χ1n) is 9.36. The minimum atomic E-state index is -0.0917. The number of nitrogens with zero attached hydrogens (tertiary/aromatic N) is 7. The highest BCUT2D eigenvalue weighted by Crippen LogP contribution is 2.42. The molecule has 1 aliphatic rings. The standard InChI is InChI=1S/C20H16N8OS/c1-11-4-3-5-13-10-15(18-22-25-26-27(18)16(11)13)19-24-28-17(21-23-20(28)30-19)12-6-8-14(29-2)9-7-12/h3-10,19,24H,1-2H3. The molecule has 0 spiro atoms. The van der Waals surface area contributed by atoms with Gasteiger partial charge < -0.3 is 10.2 Å². The van der Waals surface area contributed by atoms with Crippen molar-refractivity contribution in [3.05, 3.63) is 59.7 Å². The van der Waals surface area contributed by atoms with Gasteiger partial charge >= 0.3 is 0 Å². The summed E-state index contributed by atoms with van der Waals surface area (Å²) in [6.45, 7) is 2.06. The van der Waals surface area contributed by atoms with Gasteiger partial charge in [0, 0.05) is 16.5 Å². The Balaban J connectivity index is 1.43. The number of rotatable bonds is 3. The zero-order valence-corrected chi connectivity index (χ0v) is 17.0. The fraction of sp³-hybridized carbons (Fsp3) is 0.150. The molecule has 3 aromatic heterocycles. The number of hydrogen-bond donors (Lipinski definition) is 1. The third-order valence-electron chi connectivity index (χ3n) is 5.25. The van der Waals surface area contributed by atoms with E-state index in [9.17, 15) is 0 Å². The van der Waals surface area contributed by atoms with E-state index >= 15 is 0 Å². The number of nitrogens with one attached hydrogen (secondary N) is 1. The minimum Gasteiger partial charge on any atom is -0.497 e. The van der Waals surface area contributed by atoms with Crippen LogP contribution in [-0.2, 0) is 0 Å².